The van der Waals surface area contributed by atoms with Gasteiger partial charge in [-0.1, -0.05) is 6.07 Å². The first-order chi connectivity index (χ1) is 7.86. The molecule has 1 fully saturated rings. The zero-order valence-electron chi connectivity index (χ0n) is 9.95. The maximum absolute atomic E-state index is 4.37. The lowest BCUT2D eigenvalue weighted by molar-refractivity contribution is 0.344. The second-order valence-electron chi connectivity index (χ2n) is 4.58. The van der Waals surface area contributed by atoms with Gasteiger partial charge in [-0.15, -0.1) is 0 Å². The summed E-state index contributed by atoms with van der Waals surface area (Å²) in [6.07, 6.45) is 4.45. The monoisotopic (exact) mass is 219 g/mol. The lowest BCUT2D eigenvalue weighted by atomic mass is 9.98. The second-order valence-corrected chi connectivity index (χ2v) is 4.58. The van der Waals surface area contributed by atoms with Crippen LogP contribution >= 0.6 is 0 Å². The van der Waals surface area contributed by atoms with Crippen LogP contribution in [0.4, 0.5) is 0 Å². The lowest BCUT2D eigenvalue weighted by Gasteiger charge is -2.24. The summed E-state index contributed by atoms with van der Waals surface area (Å²) in [7, 11) is 0. The van der Waals surface area contributed by atoms with Crippen LogP contribution in [0.3, 0.4) is 0 Å². The number of aromatic nitrogens is 1. The molecule has 16 heavy (non-hydrogen) atoms. The van der Waals surface area contributed by atoms with Crippen molar-refractivity contribution in [1.29, 1.82) is 0 Å². The van der Waals surface area contributed by atoms with Crippen LogP contribution in [-0.4, -0.2) is 24.6 Å². The van der Waals surface area contributed by atoms with Crippen LogP contribution in [0.5, 0.6) is 0 Å². The third-order valence-electron chi connectivity index (χ3n) is 3.30. The number of piperidine rings is 1. The minimum absolute atomic E-state index is 0.357. The highest BCUT2D eigenvalue weighted by Gasteiger charge is 2.14. The van der Waals surface area contributed by atoms with E-state index in [2.05, 4.69) is 28.6 Å². The van der Waals surface area contributed by atoms with E-state index in [4.69, 9.17) is 0 Å². The van der Waals surface area contributed by atoms with Gasteiger partial charge in [0.1, 0.15) is 0 Å². The Morgan fingerprint density at radius 1 is 1.44 bits per heavy atom. The van der Waals surface area contributed by atoms with Gasteiger partial charge in [0, 0.05) is 12.2 Å². The lowest BCUT2D eigenvalue weighted by Crippen LogP contribution is -2.34. The van der Waals surface area contributed by atoms with Gasteiger partial charge >= 0.3 is 0 Å². The van der Waals surface area contributed by atoms with Gasteiger partial charge in [-0.3, -0.25) is 4.98 Å². The summed E-state index contributed by atoms with van der Waals surface area (Å²) in [6.45, 7) is 5.64. The Bertz CT molecular complexity index is 293. The normalized spacial score (nSPS) is 19.6. The van der Waals surface area contributed by atoms with Gasteiger partial charge < -0.3 is 10.6 Å². The summed E-state index contributed by atoms with van der Waals surface area (Å²) in [5.74, 6) is 0.826. The van der Waals surface area contributed by atoms with Crippen molar-refractivity contribution >= 4 is 0 Å². The molecule has 3 nitrogen and oxygen atoms in total. The van der Waals surface area contributed by atoms with Crippen molar-refractivity contribution in [2.45, 2.75) is 25.8 Å². The molecule has 0 spiro atoms. The number of hydrogen-bond donors (Lipinski definition) is 2. The van der Waals surface area contributed by atoms with E-state index in [-0.39, 0.29) is 0 Å². The average molecular weight is 219 g/mol. The number of hydrogen-bond acceptors (Lipinski definition) is 3. The minimum atomic E-state index is 0.357. The number of nitrogens with one attached hydrogen (secondary N) is 2. The SMILES string of the molecule is CC(NCC1CCNCC1)c1ccccn1. The molecule has 1 atom stereocenters. The molecule has 0 saturated carbocycles. The highest BCUT2D eigenvalue weighted by Crippen LogP contribution is 2.13. The van der Waals surface area contributed by atoms with Gasteiger partial charge in [-0.2, -0.15) is 0 Å². The Balaban J connectivity index is 1.77. The first-order valence-electron chi connectivity index (χ1n) is 6.21. The Labute approximate surface area is 97.7 Å². The number of rotatable bonds is 4. The molecule has 1 aromatic rings. The van der Waals surface area contributed by atoms with E-state index in [1.807, 2.05) is 18.3 Å². The summed E-state index contributed by atoms with van der Waals surface area (Å²) in [5.41, 5.74) is 1.14. The maximum Gasteiger partial charge on any atom is 0.0570 e. The van der Waals surface area contributed by atoms with Crippen molar-refractivity contribution in [3.8, 4) is 0 Å². The summed E-state index contributed by atoms with van der Waals surface area (Å²) in [4.78, 5) is 4.37. The van der Waals surface area contributed by atoms with Crippen LogP contribution < -0.4 is 10.6 Å². The van der Waals surface area contributed by atoms with E-state index in [1.165, 1.54) is 25.9 Å². The standard InChI is InChI=1S/C13H21N3/c1-11(13-4-2-3-7-15-13)16-10-12-5-8-14-9-6-12/h2-4,7,11-12,14,16H,5-6,8-10H2,1H3. The fourth-order valence-electron chi connectivity index (χ4n) is 2.17. The molecule has 0 aromatic carbocycles. The molecule has 2 N–H and O–H groups in total. The first-order valence-corrected chi connectivity index (χ1v) is 6.21. The van der Waals surface area contributed by atoms with Crippen LogP contribution in [0.2, 0.25) is 0 Å². The van der Waals surface area contributed by atoms with Gasteiger partial charge in [0.05, 0.1) is 5.69 Å². The predicted octanol–water partition coefficient (Wildman–Crippen LogP) is 1.73. The Kier molecular flexibility index (Phi) is 4.31. The molecule has 1 aliphatic heterocycles. The fraction of sp³-hybridized carbons (Fsp3) is 0.615. The van der Waals surface area contributed by atoms with Crippen molar-refractivity contribution in [2.24, 2.45) is 5.92 Å². The summed E-state index contributed by atoms with van der Waals surface area (Å²) >= 11 is 0. The maximum atomic E-state index is 4.37. The molecular weight excluding hydrogens is 198 g/mol. The molecule has 0 radical (unpaired) electrons. The molecule has 1 aliphatic rings. The van der Waals surface area contributed by atoms with E-state index in [9.17, 15) is 0 Å². The van der Waals surface area contributed by atoms with Crippen molar-refractivity contribution in [3.05, 3.63) is 30.1 Å². The fourth-order valence-corrected chi connectivity index (χ4v) is 2.17. The quantitative estimate of drug-likeness (QED) is 0.810. The topological polar surface area (TPSA) is 37.0 Å². The molecule has 2 rings (SSSR count). The van der Waals surface area contributed by atoms with Crippen LogP contribution in [0.15, 0.2) is 24.4 Å². The van der Waals surface area contributed by atoms with E-state index >= 15 is 0 Å². The Morgan fingerprint density at radius 2 is 2.25 bits per heavy atom. The third kappa shape index (κ3) is 3.29. The van der Waals surface area contributed by atoms with Gasteiger partial charge in [0.25, 0.3) is 0 Å². The Hall–Kier alpha value is -0.930. The number of pyridine rings is 1. The Morgan fingerprint density at radius 3 is 2.94 bits per heavy atom. The molecule has 0 bridgehead atoms. The summed E-state index contributed by atoms with van der Waals surface area (Å²) < 4.78 is 0. The van der Waals surface area contributed by atoms with Crippen molar-refractivity contribution in [1.82, 2.24) is 15.6 Å². The zero-order chi connectivity index (χ0) is 11.2. The van der Waals surface area contributed by atoms with Crippen LogP contribution in [0.1, 0.15) is 31.5 Å². The minimum Gasteiger partial charge on any atom is -0.317 e. The smallest absolute Gasteiger partial charge is 0.0570 e. The molecule has 88 valence electrons. The number of nitrogens with zero attached hydrogens (tertiary/aromatic N) is 1. The highest BCUT2D eigenvalue weighted by molar-refractivity contribution is 5.07. The van der Waals surface area contributed by atoms with Crippen LogP contribution in [0.25, 0.3) is 0 Å². The van der Waals surface area contributed by atoms with E-state index in [0.717, 1.165) is 18.2 Å². The predicted molar refractivity (Wildman–Crippen MR) is 66.2 cm³/mol. The van der Waals surface area contributed by atoms with E-state index in [0.29, 0.717) is 6.04 Å². The molecule has 3 heteroatoms. The summed E-state index contributed by atoms with van der Waals surface area (Å²) in [6, 6.07) is 6.45. The van der Waals surface area contributed by atoms with Crippen LogP contribution in [-0.2, 0) is 0 Å². The first kappa shape index (κ1) is 11.6. The molecule has 0 aliphatic carbocycles. The van der Waals surface area contributed by atoms with Crippen molar-refractivity contribution in [2.75, 3.05) is 19.6 Å². The van der Waals surface area contributed by atoms with E-state index < -0.39 is 0 Å². The molecule has 1 unspecified atom stereocenters. The van der Waals surface area contributed by atoms with Gasteiger partial charge in [0.15, 0.2) is 0 Å². The van der Waals surface area contributed by atoms with Gasteiger partial charge in [-0.25, -0.2) is 0 Å². The second kappa shape index (κ2) is 5.97. The average Bonchev–Trinajstić information content (AvgIpc) is 2.38. The molecule has 0 amide bonds. The molecule has 1 saturated heterocycles. The molecule has 1 aromatic heterocycles. The largest absolute Gasteiger partial charge is 0.317 e. The molecular formula is C13H21N3. The van der Waals surface area contributed by atoms with Gasteiger partial charge in [-0.05, 0) is 57.5 Å². The van der Waals surface area contributed by atoms with Crippen molar-refractivity contribution < 1.29 is 0 Å². The highest BCUT2D eigenvalue weighted by atomic mass is 14.9. The van der Waals surface area contributed by atoms with Gasteiger partial charge in [0.2, 0.25) is 0 Å². The summed E-state index contributed by atoms with van der Waals surface area (Å²) in [5, 5.41) is 6.97. The third-order valence-corrected chi connectivity index (χ3v) is 3.30. The van der Waals surface area contributed by atoms with E-state index in [1.54, 1.807) is 0 Å². The zero-order valence-corrected chi connectivity index (χ0v) is 9.95. The van der Waals surface area contributed by atoms with Crippen molar-refractivity contribution in [3.63, 3.8) is 0 Å². The molecule has 2 heterocycles. The van der Waals surface area contributed by atoms with Crippen LogP contribution in [0, 0.1) is 5.92 Å².